The summed E-state index contributed by atoms with van der Waals surface area (Å²) in [7, 11) is 0. The zero-order chi connectivity index (χ0) is 35.3. The highest BCUT2D eigenvalue weighted by atomic mass is 15.2. The normalized spacial score (nSPS) is 14.4. The molecule has 252 valence electrons. The number of aliphatic imine (C=N–C) groups is 1. The van der Waals surface area contributed by atoms with E-state index in [4.69, 9.17) is 4.99 Å². The average molecular weight is 689 g/mol. The molecule has 1 N–H and O–H groups in total. The highest BCUT2D eigenvalue weighted by molar-refractivity contribution is 6.29. The van der Waals surface area contributed by atoms with Gasteiger partial charge in [0.25, 0.3) is 0 Å². The van der Waals surface area contributed by atoms with Crippen molar-refractivity contribution in [1.29, 1.82) is 0 Å². The molecule has 3 heterocycles. The fraction of sp³-hybridized carbons (Fsp3) is 0.0200. The van der Waals surface area contributed by atoms with Gasteiger partial charge in [-0.15, -0.1) is 0 Å². The number of nitrogens with zero attached hydrogens (tertiary/aromatic N) is 3. The third-order valence-electron chi connectivity index (χ3n) is 11.5. The first-order valence-corrected chi connectivity index (χ1v) is 18.6. The first-order chi connectivity index (χ1) is 26.8. The SMILES string of the molecule is c1ccc(C2NC(n3c4ccc(-n5c6ccc7ccccc7c6c6c7ccccc7ccc65)cc4c4c5ccccc5ccc43)=Nc3ccccc32)cc1. The van der Waals surface area contributed by atoms with Crippen LogP contribution in [-0.4, -0.2) is 15.1 Å². The van der Waals surface area contributed by atoms with E-state index < -0.39 is 0 Å². The lowest BCUT2D eigenvalue weighted by atomic mass is 9.96. The smallest absolute Gasteiger partial charge is 0.209 e. The molecular formula is C50H32N4. The van der Waals surface area contributed by atoms with E-state index in [2.05, 4.69) is 196 Å². The van der Waals surface area contributed by atoms with E-state index in [-0.39, 0.29) is 6.04 Å². The Morgan fingerprint density at radius 2 is 0.926 bits per heavy atom. The Balaban J connectivity index is 1.17. The maximum absolute atomic E-state index is 5.32. The van der Waals surface area contributed by atoms with Gasteiger partial charge < -0.3 is 9.88 Å². The molecule has 11 aromatic rings. The Morgan fingerprint density at radius 1 is 0.407 bits per heavy atom. The molecule has 1 atom stereocenters. The lowest BCUT2D eigenvalue weighted by Gasteiger charge is -2.28. The van der Waals surface area contributed by atoms with Crippen molar-refractivity contribution in [2.24, 2.45) is 4.99 Å². The third-order valence-corrected chi connectivity index (χ3v) is 11.5. The van der Waals surface area contributed by atoms with Crippen molar-refractivity contribution in [1.82, 2.24) is 14.5 Å². The fourth-order valence-corrected chi connectivity index (χ4v) is 9.18. The van der Waals surface area contributed by atoms with Crippen LogP contribution >= 0.6 is 0 Å². The molecule has 0 spiro atoms. The lowest BCUT2D eigenvalue weighted by molar-refractivity contribution is 0.731. The molecule has 1 aliphatic rings. The van der Waals surface area contributed by atoms with E-state index in [1.807, 2.05) is 0 Å². The van der Waals surface area contributed by atoms with Crippen LogP contribution < -0.4 is 5.32 Å². The first kappa shape index (κ1) is 29.4. The molecule has 2 aromatic heterocycles. The van der Waals surface area contributed by atoms with Crippen LogP contribution in [-0.2, 0) is 0 Å². The summed E-state index contributed by atoms with van der Waals surface area (Å²) in [5.41, 5.74) is 9.13. The minimum atomic E-state index is -0.0376. The molecular weight excluding hydrogens is 657 g/mol. The molecule has 0 fully saturated rings. The fourth-order valence-electron chi connectivity index (χ4n) is 9.18. The monoisotopic (exact) mass is 688 g/mol. The number of aromatic nitrogens is 2. The van der Waals surface area contributed by atoms with Crippen molar-refractivity contribution in [2.45, 2.75) is 6.04 Å². The number of para-hydroxylation sites is 1. The van der Waals surface area contributed by atoms with Crippen LogP contribution in [0, 0.1) is 0 Å². The Hall–Kier alpha value is -7.17. The average Bonchev–Trinajstić information content (AvgIpc) is 3.77. The predicted molar refractivity (Wildman–Crippen MR) is 227 cm³/mol. The number of rotatable bonds is 2. The zero-order valence-electron chi connectivity index (χ0n) is 29.2. The summed E-state index contributed by atoms with van der Waals surface area (Å²) < 4.78 is 4.80. The Bertz CT molecular complexity index is 3270. The second kappa shape index (κ2) is 11.2. The maximum Gasteiger partial charge on any atom is 0.209 e. The predicted octanol–water partition coefficient (Wildman–Crippen LogP) is 12.6. The van der Waals surface area contributed by atoms with Crippen LogP contribution in [0.2, 0.25) is 0 Å². The van der Waals surface area contributed by atoms with Crippen LogP contribution in [0.25, 0.3) is 81.6 Å². The largest absolute Gasteiger partial charge is 0.344 e. The second-order valence-corrected chi connectivity index (χ2v) is 14.4. The molecule has 9 aromatic carbocycles. The van der Waals surface area contributed by atoms with Crippen molar-refractivity contribution in [3.05, 3.63) is 193 Å². The van der Waals surface area contributed by atoms with Crippen LogP contribution in [0.5, 0.6) is 0 Å². The summed E-state index contributed by atoms with van der Waals surface area (Å²) in [6.07, 6.45) is 0. The quantitative estimate of drug-likeness (QED) is 0.193. The van der Waals surface area contributed by atoms with Crippen LogP contribution in [0.3, 0.4) is 0 Å². The van der Waals surface area contributed by atoms with Gasteiger partial charge in [0.15, 0.2) is 0 Å². The minimum absolute atomic E-state index is 0.0376. The molecule has 0 bridgehead atoms. The molecule has 54 heavy (non-hydrogen) atoms. The van der Waals surface area contributed by atoms with Crippen molar-refractivity contribution in [3.8, 4) is 5.69 Å². The van der Waals surface area contributed by atoms with Crippen molar-refractivity contribution >= 4 is 87.6 Å². The summed E-state index contributed by atoms with van der Waals surface area (Å²) in [6.45, 7) is 0. The molecule has 12 rings (SSSR count). The standard InChI is InChI=1S/C50H32N4/c1-2-15-34(16-3-1)49-39-20-10-11-21-41(39)51-50(52-49)54-42-29-25-35(30-40(42)46-36-17-7-4-12-31(36)22-26-43(46)54)53-44-27-23-32-13-5-8-18-37(32)47(44)48-38-19-9-6-14-33(38)24-28-45(48)53/h1-30,49H,(H,51,52). The molecule has 0 saturated heterocycles. The van der Waals surface area contributed by atoms with Crippen molar-refractivity contribution in [2.75, 3.05) is 0 Å². The summed E-state index contributed by atoms with van der Waals surface area (Å²) >= 11 is 0. The third kappa shape index (κ3) is 4.11. The Labute approximate surface area is 310 Å². The zero-order valence-corrected chi connectivity index (χ0v) is 29.2. The van der Waals surface area contributed by atoms with E-state index in [1.165, 1.54) is 76.0 Å². The minimum Gasteiger partial charge on any atom is -0.344 e. The van der Waals surface area contributed by atoms with E-state index in [0.717, 1.165) is 28.4 Å². The Morgan fingerprint density at radius 3 is 1.57 bits per heavy atom. The number of fused-ring (bicyclic) bond motifs is 13. The second-order valence-electron chi connectivity index (χ2n) is 14.4. The van der Waals surface area contributed by atoms with Gasteiger partial charge in [0.1, 0.15) is 0 Å². The van der Waals surface area contributed by atoms with Gasteiger partial charge in [-0.2, -0.15) is 0 Å². The molecule has 0 aliphatic carbocycles. The first-order valence-electron chi connectivity index (χ1n) is 18.6. The van der Waals surface area contributed by atoms with E-state index in [0.29, 0.717) is 0 Å². The Kier molecular flexibility index (Phi) is 6.08. The topological polar surface area (TPSA) is 34.2 Å². The van der Waals surface area contributed by atoms with Crippen LogP contribution in [0.15, 0.2) is 187 Å². The molecule has 4 heteroatoms. The van der Waals surface area contributed by atoms with Crippen molar-refractivity contribution < 1.29 is 0 Å². The molecule has 1 aliphatic heterocycles. The number of benzene rings is 9. The molecule has 0 saturated carbocycles. The van der Waals surface area contributed by atoms with Crippen molar-refractivity contribution in [3.63, 3.8) is 0 Å². The summed E-state index contributed by atoms with van der Waals surface area (Å²) in [5, 5.41) is 16.4. The summed E-state index contributed by atoms with van der Waals surface area (Å²) in [5.74, 6) is 0.820. The maximum atomic E-state index is 5.32. The van der Waals surface area contributed by atoms with Crippen LogP contribution in [0.1, 0.15) is 17.2 Å². The van der Waals surface area contributed by atoms with Gasteiger partial charge in [-0.3, -0.25) is 4.57 Å². The molecule has 4 nitrogen and oxygen atoms in total. The van der Waals surface area contributed by atoms with Gasteiger partial charge in [-0.25, -0.2) is 4.99 Å². The van der Waals surface area contributed by atoms with Gasteiger partial charge in [0.05, 0.1) is 33.8 Å². The summed E-state index contributed by atoms with van der Waals surface area (Å²) in [4.78, 5) is 5.32. The van der Waals surface area contributed by atoms with Crippen LogP contribution in [0.4, 0.5) is 5.69 Å². The molecule has 1 unspecified atom stereocenters. The molecule has 0 amide bonds. The number of nitrogens with one attached hydrogen (secondary N) is 1. The van der Waals surface area contributed by atoms with Gasteiger partial charge in [-0.1, -0.05) is 140 Å². The van der Waals surface area contributed by atoms with Gasteiger partial charge in [0, 0.05) is 32.8 Å². The number of hydrogen-bond donors (Lipinski definition) is 1. The lowest BCUT2D eigenvalue weighted by Crippen LogP contribution is -2.36. The van der Waals surface area contributed by atoms with E-state index in [1.54, 1.807) is 0 Å². The highest BCUT2D eigenvalue weighted by Gasteiger charge is 2.27. The van der Waals surface area contributed by atoms with Gasteiger partial charge >= 0.3 is 0 Å². The number of hydrogen-bond acceptors (Lipinski definition) is 2. The van der Waals surface area contributed by atoms with Gasteiger partial charge in [0.2, 0.25) is 5.96 Å². The highest BCUT2D eigenvalue weighted by Crippen LogP contribution is 2.43. The summed E-state index contributed by atoms with van der Waals surface area (Å²) in [6, 6.07) is 66.1. The van der Waals surface area contributed by atoms with E-state index in [9.17, 15) is 0 Å². The van der Waals surface area contributed by atoms with Gasteiger partial charge in [-0.05, 0) is 80.3 Å². The molecule has 0 radical (unpaired) electrons. The van der Waals surface area contributed by atoms with E-state index >= 15 is 0 Å².